The van der Waals surface area contributed by atoms with E-state index in [4.69, 9.17) is 9.72 Å². The van der Waals surface area contributed by atoms with Crippen LogP contribution in [0.25, 0.3) is 10.9 Å². The lowest BCUT2D eigenvalue weighted by molar-refractivity contribution is 0.185. The largest absolute Gasteiger partial charge is 0.488 e. The van der Waals surface area contributed by atoms with Crippen molar-refractivity contribution in [3.8, 4) is 5.75 Å². The third-order valence-corrected chi connectivity index (χ3v) is 6.72. The van der Waals surface area contributed by atoms with Crippen LogP contribution in [0.5, 0.6) is 5.75 Å². The number of halogens is 2. The number of benzene rings is 1. The summed E-state index contributed by atoms with van der Waals surface area (Å²) in [5, 5.41) is 4.09. The van der Waals surface area contributed by atoms with Crippen LogP contribution in [0.3, 0.4) is 0 Å². The SMILES string of the molecule is Fc1ccc(OC2CCCCCC2)c2nc3c(cc12)C(CI)CNCC3. The molecular formula is C21H26FIN2O. The first-order valence-electron chi connectivity index (χ1n) is 9.81. The highest BCUT2D eigenvalue weighted by Gasteiger charge is 2.22. The number of nitrogens with zero attached hydrogens (tertiary/aromatic N) is 1. The molecule has 2 heterocycles. The molecule has 0 amide bonds. The Kier molecular flexibility index (Phi) is 5.93. The van der Waals surface area contributed by atoms with Gasteiger partial charge in [-0.25, -0.2) is 9.37 Å². The molecule has 1 saturated carbocycles. The van der Waals surface area contributed by atoms with Crippen LogP contribution >= 0.6 is 22.6 Å². The van der Waals surface area contributed by atoms with Crippen molar-refractivity contribution in [2.24, 2.45) is 0 Å². The van der Waals surface area contributed by atoms with Crippen LogP contribution in [0.4, 0.5) is 4.39 Å². The van der Waals surface area contributed by atoms with E-state index in [1.165, 1.54) is 37.3 Å². The number of aromatic nitrogens is 1. The Morgan fingerprint density at radius 1 is 1.19 bits per heavy atom. The molecule has 1 aromatic carbocycles. The van der Waals surface area contributed by atoms with Crippen molar-refractivity contribution >= 4 is 33.5 Å². The number of pyridine rings is 1. The first-order chi connectivity index (χ1) is 12.8. The van der Waals surface area contributed by atoms with Gasteiger partial charge in [-0.3, -0.25) is 0 Å². The van der Waals surface area contributed by atoms with Crippen molar-refractivity contribution in [3.63, 3.8) is 0 Å². The standard InChI is InChI=1S/C21H26FIN2O/c22-18-7-8-20(26-15-5-3-1-2-4-6-15)21-17(18)11-16-14(12-23)13-24-10-9-19(16)25-21/h7-8,11,14-15,24H,1-6,9-10,12-13H2. The lowest BCUT2D eigenvalue weighted by atomic mass is 9.97. The number of fused-ring (bicyclic) bond motifs is 2. The smallest absolute Gasteiger partial charge is 0.146 e. The van der Waals surface area contributed by atoms with Crippen LogP contribution in [0.2, 0.25) is 0 Å². The molecule has 1 N–H and O–H groups in total. The average Bonchev–Trinajstić information content (AvgIpc) is 3.03. The summed E-state index contributed by atoms with van der Waals surface area (Å²) in [6.07, 6.45) is 8.31. The minimum absolute atomic E-state index is 0.201. The van der Waals surface area contributed by atoms with Gasteiger partial charge in [-0.1, -0.05) is 35.4 Å². The summed E-state index contributed by atoms with van der Waals surface area (Å²) in [5.41, 5.74) is 2.99. The Bertz CT molecular complexity index is 774. The molecule has 140 valence electrons. The fourth-order valence-electron chi connectivity index (χ4n) is 4.17. The van der Waals surface area contributed by atoms with Gasteiger partial charge in [0.05, 0.1) is 6.10 Å². The number of nitrogens with one attached hydrogen (secondary N) is 1. The maximum absolute atomic E-state index is 14.6. The Hall–Kier alpha value is -0.950. The van der Waals surface area contributed by atoms with E-state index in [1.54, 1.807) is 6.07 Å². The molecule has 2 aromatic rings. The van der Waals surface area contributed by atoms with Crippen LogP contribution in [0, 0.1) is 5.82 Å². The first kappa shape index (κ1) is 18.4. The molecule has 1 unspecified atom stereocenters. The van der Waals surface area contributed by atoms with E-state index in [0.717, 1.165) is 48.2 Å². The maximum Gasteiger partial charge on any atom is 0.146 e. The van der Waals surface area contributed by atoms with Crippen LogP contribution in [-0.2, 0) is 6.42 Å². The van der Waals surface area contributed by atoms with Gasteiger partial charge in [0.2, 0.25) is 0 Å². The Morgan fingerprint density at radius 3 is 2.77 bits per heavy atom. The number of alkyl halides is 1. The van der Waals surface area contributed by atoms with Gasteiger partial charge in [0.1, 0.15) is 17.1 Å². The van der Waals surface area contributed by atoms with Crippen LogP contribution in [0.1, 0.15) is 55.7 Å². The van der Waals surface area contributed by atoms with Gasteiger partial charge in [-0.2, -0.15) is 0 Å². The molecule has 0 radical (unpaired) electrons. The Labute approximate surface area is 168 Å². The van der Waals surface area contributed by atoms with E-state index in [9.17, 15) is 4.39 Å². The zero-order chi connectivity index (χ0) is 17.9. The second-order valence-electron chi connectivity index (χ2n) is 7.50. The fourth-order valence-corrected chi connectivity index (χ4v) is 4.96. The third kappa shape index (κ3) is 3.84. The van der Waals surface area contributed by atoms with E-state index in [0.29, 0.717) is 16.8 Å². The van der Waals surface area contributed by atoms with Crippen LogP contribution in [-0.4, -0.2) is 28.6 Å². The highest BCUT2D eigenvalue weighted by Crippen LogP contribution is 2.34. The Balaban J connectivity index is 1.75. The average molecular weight is 468 g/mol. The summed E-state index contributed by atoms with van der Waals surface area (Å²) in [4.78, 5) is 4.92. The summed E-state index contributed by atoms with van der Waals surface area (Å²) in [5.74, 6) is 0.933. The highest BCUT2D eigenvalue weighted by molar-refractivity contribution is 14.1. The molecule has 0 bridgehead atoms. The van der Waals surface area contributed by atoms with E-state index >= 15 is 0 Å². The summed E-state index contributed by atoms with van der Waals surface area (Å²) in [7, 11) is 0. The molecule has 0 spiro atoms. The molecule has 1 aromatic heterocycles. The minimum atomic E-state index is -0.201. The van der Waals surface area contributed by atoms with Gasteiger partial charge < -0.3 is 10.1 Å². The van der Waals surface area contributed by atoms with Gasteiger partial charge in [0.25, 0.3) is 0 Å². The monoisotopic (exact) mass is 468 g/mol. The number of hydrogen-bond donors (Lipinski definition) is 1. The van der Waals surface area contributed by atoms with Gasteiger partial charge in [0, 0.05) is 40.9 Å². The molecule has 26 heavy (non-hydrogen) atoms. The highest BCUT2D eigenvalue weighted by atomic mass is 127. The maximum atomic E-state index is 14.6. The van der Waals surface area contributed by atoms with Crippen molar-refractivity contribution in [1.29, 1.82) is 0 Å². The van der Waals surface area contributed by atoms with Crippen molar-refractivity contribution in [2.45, 2.75) is 57.0 Å². The fraction of sp³-hybridized carbons (Fsp3) is 0.571. The molecule has 1 atom stereocenters. The lowest BCUT2D eigenvalue weighted by Gasteiger charge is -2.20. The van der Waals surface area contributed by atoms with E-state index in [2.05, 4.69) is 27.9 Å². The van der Waals surface area contributed by atoms with Crippen molar-refractivity contribution in [2.75, 3.05) is 17.5 Å². The van der Waals surface area contributed by atoms with Gasteiger partial charge in [-0.15, -0.1) is 0 Å². The number of hydrogen-bond acceptors (Lipinski definition) is 3. The third-order valence-electron chi connectivity index (χ3n) is 5.66. The molecule has 4 rings (SSSR count). The molecule has 1 aliphatic heterocycles. The molecule has 5 heteroatoms. The van der Waals surface area contributed by atoms with E-state index in [-0.39, 0.29) is 11.9 Å². The quantitative estimate of drug-likeness (QED) is 0.385. The second kappa shape index (κ2) is 8.38. The topological polar surface area (TPSA) is 34.1 Å². The normalized spacial score (nSPS) is 21.8. The van der Waals surface area contributed by atoms with Gasteiger partial charge in [0.15, 0.2) is 0 Å². The molecule has 1 fully saturated rings. The summed E-state index contributed by atoms with van der Waals surface area (Å²) in [6.45, 7) is 1.86. The zero-order valence-electron chi connectivity index (χ0n) is 15.1. The molecule has 1 aliphatic carbocycles. The molecule has 3 nitrogen and oxygen atoms in total. The van der Waals surface area contributed by atoms with Crippen LogP contribution < -0.4 is 10.1 Å². The first-order valence-corrected chi connectivity index (χ1v) is 11.3. The minimum Gasteiger partial charge on any atom is -0.488 e. The predicted octanol–water partition coefficient (Wildman–Crippen LogP) is 5.14. The van der Waals surface area contributed by atoms with Gasteiger partial charge in [-0.05, 0) is 49.4 Å². The molecular weight excluding hydrogens is 442 g/mol. The summed E-state index contributed by atoms with van der Waals surface area (Å²) in [6, 6.07) is 5.34. The number of ether oxygens (including phenoxy) is 1. The molecule has 2 aliphatic rings. The predicted molar refractivity (Wildman–Crippen MR) is 112 cm³/mol. The van der Waals surface area contributed by atoms with E-state index < -0.39 is 0 Å². The second-order valence-corrected chi connectivity index (χ2v) is 8.38. The summed E-state index contributed by atoms with van der Waals surface area (Å²) < 4.78 is 21.9. The summed E-state index contributed by atoms with van der Waals surface area (Å²) >= 11 is 2.41. The Morgan fingerprint density at radius 2 is 2.00 bits per heavy atom. The van der Waals surface area contributed by atoms with Crippen molar-refractivity contribution in [1.82, 2.24) is 10.3 Å². The van der Waals surface area contributed by atoms with Crippen LogP contribution in [0.15, 0.2) is 18.2 Å². The number of rotatable bonds is 3. The lowest BCUT2D eigenvalue weighted by Crippen LogP contribution is -2.20. The van der Waals surface area contributed by atoms with Crippen molar-refractivity contribution < 1.29 is 9.13 Å². The van der Waals surface area contributed by atoms with E-state index in [1.807, 2.05) is 6.07 Å². The zero-order valence-corrected chi connectivity index (χ0v) is 17.2. The molecule has 0 saturated heterocycles. The van der Waals surface area contributed by atoms with Gasteiger partial charge >= 0.3 is 0 Å². The van der Waals surface area contributed by atoms with Crippen molar-refractivity contribution in [3.05, 3.63) is 35.3 Å².